The number of nitrogens with zero attached hydrogens (tertiary/aromatic N) is 2. The highest BCUT2D eigenvalue weighted by molar-refractivity contribution is 5.80. The zero-order chi connectivity index (χ0) is 34.7. The number of rotatable bonds is 15. The number of hydrogen-bond acceptors (Lipinski definition) is 4. The Morgan fingerprint density at radius 3 is 0.960 bits per heavy atom. The lowest BCUT2D eigenvalue weighted by Crippen LogP contribution is -2.12. The monoisotopic (exact) mass is 660 g/mol. The van der Waals surface area contributed by atoms with Crippen LogP contribution < -0.4 is 19.3 Å². The van der Waals surface area contributed by atoms with E-state index < -0.39 is 0 Å². The van der Waals surface area contributed by atoms with Gasteiger partial charge in [0.05, 0.1) is 12.2 Å². The van der Waals surface area contributed by atoms with E-state index in [1.54, 1.807) is 0 Å². The van der Waals surface area contributed by atoms with Crippen molar-refractivity contribution in [2.75, 3.05) is 9.80 Å². The maximum atomic E-state index is 6.14. The second-order valence-electron chi connectivity index (χ2n) is 12.9. The Morgan fingerprint density at radius 2 is 0.660 bits per heavy atom. The Labute approximate surface area is 298 Å². The molecule has 4 heteroatoms. The molecule has 0 saturated carbocycles. The lowest BCUT2D eigenvalue weighted by atomic mass is 10.0. The van der Waals surface area contributed by atoms with Crippen LogP contribution in [0.25, 0.3) is 11.1 Å². The van der Waals surface area contributed by atoms with Crippen LogP contribution in [-0.2, 0) is 0 Å². The SMILES string of the molecule is CCCC(C)Oc1ccc(N(c2ccccc2)c2ccc(-c3ccc(N(c4ccccc4)c4ccc(OC(C)CCC)cc4)cc3)cc2)cc1. The van der Waals surface area contributed by atoms with Gasteiger partial charge in [0, 0.05) is 34.1 Å². The number of anilines is 6. The first kappa shape index (κ1) is 34.4. The molecule has 6 rings (SSSR count). The molecule has 0 aliphatic rings. The average Bonchev–Trinajstić information content (AvgIpc) is 3.15. The number of benzene rings is 6. The topological polar surface area (TPSA) is 24.9 Å². The molecular weight excluding hydrogens is 613 g/mol. The van der Waals surface area contributed by atoms with Crippen LogP contribution >= 0.6 is 0 Å². The molecule has 0 aliphatic carbocycles. The van der Waals surface area contributed by atoms with Gasteiger partial charge in [-0.15, -0.1) is 0 Å². The van der Waals surface area contributed by atoms with Gasteiger partial charge < -0.3 is 19.3 Å². The minimum atomic E-state index is 0.199. The molecule has 0 aliphatic heterocycles. The van der Waals surface area contributed by atoms with Crippen molar-refractivity contribution >= 4 is 34.1 Å². The molecule has 0 fully saturated rings. The van der Waals surface area contributed by atoms with E-state index >= 15 is 0 Å². The summed E-state index contributed by atoms with van der Waals surface area (Å²) in [5, 5.41) is 0. The summed E-state index contributed by atoms with van der Waals surface area (Å²) in [6.45, 7) is 8.64. The lowest BCUT2D eigenvalue weighted by Gasteiger charge is -2.26. The van der Waals surface area contributed by atoms with E-state index in [1.165, 1.54) is 0 Å². The molecular formula is C46H48N2O2. The Kier molecular flexibility index (Phi) is 11.5. The molecule has 2 unspecified atom stereocenters. The first-order valence-corrected chi connectivity index (χ1v) is 18.0. The van der Waals surface area contributed by atoms with Gasteiger partial charge in [-0.2, -0.15) is 0 Å². The number of hydrogen-bond donors (Lipinski definition) is 0. The number of para-hydroxylation sites is 2. The highest BCUT2D eigenvalue weighted by atomic mass is 16.5. The summed E-state index contributed by atoms with van der Waals surface area (Å²) >= 11 is 0. The largest absolute Gasteiger partial charge is 0.491 e. The molecule has 0 saturated heterocycles. The van der Waals surface area contributed by atoms with Crippen molar-refractivity contribution in [3.63, 3.8) is 0 Å². The van der Waals surface area contributed by atoms with Gasteiger partial charge in [-0.3, -0.25) is 0 Å². The summed E-state index contributed by atoms with van der Waals surface area (Å²) < 4.78 is 12.3. The van der Waals surface area contributed by atoms with Gasteiger partial charge in [0.25, 0.3) is 0 Å². The Morgan fingerprint density at radius 1 is 0.380 bits per heavy atom. The third-order valence-electron chi connectivity index (χ3n) is 8.87. The molecule has 0 spiro atoms. The first-order chi connectivity index (χ1) is 24.5. The van der Waals surface area contributed by atoms with Gasteiger partial charge in [-0.1, -0.05) is 87.4 Å². The van der Waals surface area contributed by atoms with E-state index in [-0.39, 0.29) is 12.2 Å². The maximum absolute atomic E-state index is 6.14. The number of ether oxygens (including phenoxy) is 2. The predicted molar refractivity (Wildman–Crippen MR) is 211 cm³/mol. The highest BCUT2D eigenvalue weighted by Gasteiger charge is 2.15. The van der Waals surface area contributed by atoms with Gasteiger partial charge in [-0.25, -0.2) is 0 Å². The normalized spacial score (nSPS) is 12.2. The quantitative estimate of drug-likeness (QED) is 0.109. The fourth-order valence-corrected chi connectivity index (χ4v) is 6.40. The van der Waals surface area contributed by atoms with E-state index in [0.717, 1.165) is 82.4 Å². The van der Waals surface area contributed by atoms with Crippen molar-refractivity contribution in [1.82, 2.24) is 0 Å². The standard InChI is InChI=1S/C46H48N2O2/c1-5-13-35(3)49-45-31-27-43(28-32-45)47(39-15-9-7-10-16-39)41-23-19-37(20-24-41)38-21-25-42(26-22-38)48(40-17-11-8-12-18-40)44-29-33-46(34-30-44)50-36(4)14-6-2/h7-12,15-36H,5-6,13-14H2,1-4H3. The smallest absolute Gasteiger partial charge is 0.119 e. The molecule has 50 heavy (non-hydrogen) atoms. The van der Waals surface area contributed by atoms with Crippen LogP contribution in [0.5, 0.6) is 11.5 Å². The maximum Gasteiger partial charge on any atom is 0.119 e. The van der Waals surface area contributed by atoms with Crippen molar-refractivity contribution in [2.24, 2.45) is 0 Å². The van der Waals surface area contributed by atoms with Gasteiger partial charge >= 0.3 is 0 Å². The minimum Gasteiger partial charge on any atom is -0.491 e. The fraction of sp³-hybridized carbons (Fsp3) is 0.217. The third kappa shape index (κ3) is 8.56. The van der Waals surface area contributed by atoms with Gasteiger partial charge in [-0.05, 0) is 135 Å². The molecule has 4 nitrogen and oxygen atoms in total. The summed E-state index contributed by atoms with van der Waals surface area (Å²) in [6, 6.07) is 55.5. The summed E-state index contributed by atoms with van der Waals surface area (Å²) in [5.74, 6) is 1.80. The summed E-state index contributed by atoms with van der Waals surface area (Å²) in [4.78, 5) is 4.56. The van der Waals surface area contributed by atoms with Crippen LogP contribution in [0.2, 0.25) is 0 Å². The van der Waals surface area contributed by atoms with Crippen LogP contribution in [0.15, 0.2) is 158 Å². The van der Waals surface area contributed by atoms with Crippen LogP contribution in [-0.4, -0.2) is 12.2 Å². The summed E-state index contributed by atoms with van der Waals surface area (Å²) in [7, 11) is 0. The zero-order valence-corrected chi connectivity index (χ0v) is 29.7. The predicted octanol–water partition coefficient (Wildman–Crippen LogP) is 13.4. The molecule has 0 bridgehead atoms. The lowest BCUT2D eigenvalue weighted by molar-refractivity contribution is 0.209. The van der Waals surface area contributed by atoms with Crippen molar-refractivity contribution < 1.29 is 9.47 Å². The molecule has 6 aromatic carbocycles. The molecule has 0 heterocycles. The molecule has 254 valence electrons. The van der Waals surface area contributed by atoms with Gasteiger partial charge in [0.1, 0.15) is 11.5 Å². The van der Waals surface area contributed by atoms with E-state index in [0.29, 0.717) is 0 Å². The molecule has 0 aromatic heterocycles. The van der Waals surface area contributed by atoms with E-state index in [1.807, 2.05) is 0 Å². The molecule has 6 aromatic rings. The van der Waals surface area contributed by atoms with E-state index in [4.69, 9.17) is 9.47 Å². The highest BCUT2D eigenvalue weighted by Crippen LogP contribution is 2.38. The van der Waals surface area contributed by atoms with Crippen LogP contribution in [0.1, 0.15) is 53.4 Å². The van der Waals surface area contributed by atoms with E-state index in [9.17, 15) is 0 Å². The van der Waals surface area contributed by atoms with Gasteiger partial charge in [0.15, 0.2) is 0 Å². The molecule has 0 radical (unpaired) electrons. The summed E-state index contributed by atoms with van der Waals surface area (Å²) in [5.41, 5.74) is 8.89. The Hall–Kier alpha value is -5.48. The zero-order valence-electron chi connectivity index (χ0n) is 29.7. The van der Waals surface area contributed by atoms with Gasteiger partial charge in [0.2, 0.25) is 0 Å². The fourth-order valence-electron chi connectivity index (χ4n) is 6.40. The Balaban J connectivity index is 1.24. The third-order valence-corrected chi connectivity index (χ3v) is 8.87. The molecule has 2 atom stereocenters. The summed E-state index contributed by atoms with van der Waals surface area (Å²) in [6.07, 6.45) is 4.70. The average molecular weight is 661 g/mol. The molecule has 0 amide bonds. The Bertz CT molecular complexity index is 1730. The minimum absolute atomic E-state index is 0.199. The van der Waals surface area contributed by atoms with Crippen LogP contribution in [0, 0.1) is 0 Å². The van der Waals surface area contributed by atoms with Crippen molar-refractivity contribution in [3.8, 4) is 22.6 Å². The second kappa shape index (κ2) is 16.8. The van der Waals surface area contributed by atoms with Crippen molar-refractivity contribution in [1.29, 1.82) is 0 Å². The van der Waals surface area contributed by atoms with Crippen molar-refractivity contribution in [3.05, 3.63) is 158 Å². The van der Waals surface area contributed by atoms with E-state index in [2.05, 4.69) is 195 Å². The van der Waals surface area contributed by atoms with Crippen LogP contribution in [0.3, 0.4) is 0 Å². The molecule has 0 N–H and O–H groups in total. The first-order valence-electron chi connectivity index (χ1n) is 18.0. The van der Waals surface area contributed by atoms with Crippen molar-refractivity contribution in [2.45, 2.75) is 65.6 Å². The second-order valence-corrected chi connectivity index (χ2v) is 12.9. The van der Waals surface area contributed by atoms with Crippen LogP contribution in [0.4, 0.5) is 34.1 Å².